The zero-order valence-corrected chi connectivity index (χ0v) is 13.5. The monoisotopic (exact) mass is 352 g/mol. The van der Waals surface area contributed by atoms with Gasteiger partial charge in [0, 0.05) is 5.56 Å². The van der Waals surface area contributed by atoms with Crippen LogP contribution in [0.1, 0.15) is 0 Å². The molecular weight excluding hydrogens is 340 g/mol. The molecule has 0 amide bonds. The molecule has 0 aliphatic heterocycles. The van der Waals surface area contributed by atoms with Crippen LogP contribution in [0.25, 0.3) is 27.8 Å². The third kappa shape index (κ3) is 1.99. The number of fused-ring (bicyclic) bond motifs is 3. The highest BCUT2D eigenvalue weighted by Crippen LogP contribution is 2.31. The van der Waals surface area contributed by atoms with Gasteiger partial charge in [-0.1, -0.05) is 36.4 Å². The fourth-order valence-corrected chi connectivity index (χ4v) is 3.23. The van der Waals surface area contributed by atoms with Gasteiger partial charge in [0.25, 0.3) is 0 Å². The predicted octanol–water partition coefficient (Wildman–Crippen LogP) is 4.93. The molecule has 0 N–H and O–H groups in total. The van der Waals surface area contributed by atoms with Gasteiger partial charge < -0.3 is 4.74 Å². The molecule has 0 unspecified atom stereocenters. The molecule has 0 atom stereocenters. The van der Waals surface area contributed by atoms with E-state index in [1.807, 2.05) is 36.4 Å². The predicted molar refractivity (Wildman–Crippen MR) is 92.4 cm³/mol. The number of hydrogen-bond acceptors (Lipinski definition) is 2. The van der Waals surface area contributed by atoms with Crippen molar-refractivity contribution in [2.75, 3.05) is 7.11 Å². The van der Waals surface area contributed by atoms with Gasteiger partial charge in [-0.2, -0.15) is 0 Å². The highest BCUT2D eigenvalue weighted by atomic mass is 79.9. The Kier molecular flexibility index (Phi) is 3.12. The topological polar surface area (TPSA) is 26.5 Å². The molecule has 2 aromatic heterocycles. The second kappa shape index (κ2) is 5.14. The van der Waals surface area contributed by atoms with Crippen LogP contribution in [-0.4, -0.2) is 16.5 Å². The number of rotatable bonds is 2. The first kappa shape index (κ1) is 13.3. The summed E-state index contributed by atoms with van der Waals surface area (Å²) in [7, 11) is 1.67. The van der Waals surface area contributed by atoms with Crippen molar-refractivity contribution in [1.82, 2.24) is 9.38 Å². The number of hydrogen-bond donors (Lipinski definition) is 0. The maximum absolute atomic E-state index is 5.33. The number of aromatic nitrogens is 2. The summed E-state index contributed by atoms with van der Waals surface area (Å²) in [6, 6.07) is 20.5. The summed E-state index contributed by atoms with van der Waals surface area (Å²) < 4.78 is 8.35. The molecule has 0 radical (unpaired) electrons. The number of imidazole rings is 1. The third-order valence-electron chi connectivity index (χ3n) is 3.79. The van der Waals surface area contributed by atoms with Gasteiger partial charge in [0.1, 0.15) is 16.2 Å². The summed E-state index contributed by atoms with van der Waals surface area (Å²) in [5, 5.41) is 1.18. The van der Waals surface area contributed by atoms with Gasteiger partial charge in [-0.05, 0) is 45.6 Å². The molecule has 0 saturated carbocycles. The zero-order chi connectivity index (χ0) is 15.1. The van der Waals surface area contributed by atoms with Crippen LogP contribution in [0.15, 0.2) is 65.3 Å². The lowest BCUT2D eigenvalue weighted by Crippen LogP contribution is -1.92. The second-order valence-electron chi connectivity index (χ2n) is 5.07. The minimum absolute atomic E-state index is 0.825. The average Bonchev–Trinajstić information content (AvgIpc) is 2.92. The first-order chi connectivity index (χ1) is 10.8. The van der Waals surface area contributed by atoms with Crippen molar-refractivity contribution in [3.63, 3.8) is 0 Å². The number of methoxy groups -OCH3 is 1. The number of ether oxygens (including phenoxy) is 1. The minimum Gasteiger partial charge on any atom is -0.497 e. The van der Waals surface area contributed by atoms with E-state index in [4.69, 9.17) is 9.72 Å². The standard InChI is InChI=1S/C18H13BrN2O/c1-22-14-7-4-6-13(11-14)18-20-17(19)16-10-9-12-5-2-3-8-15(12)21(16)18/h2-11H,1H3. The van der Waals surface area contributed by atoms with Crippen molar-refractivity contribution in [1.29, 1.82) is 0 Å². The maximum Gasteiger partial charge on any atom is 0.146 e. The highest BCUT2D eigenvalue weighted by Gasteiger charge is 2.13. The van der Waals surface area contributed by atoms with Gasteiger partial charge in [-0.25, -0.2) is 4.98 Å². The first-order valence-corrected chi connectivity index (χ1v) is 7.77. The van der Waals surface area contributed by atoms with E-state index in [2.05, 4.69) is 44.6 Å². The molecule has 2 heterocycles. The Balaban J connectivity index is 2.11. The molecule has 4 aromatic rings. The van der Waals surface area contributed by atoms with Crippen molar-refractivity contribution >= 4 is 32.3 Å². The van der Waals surface area contributed by atoms with E-state index >= 15 is 0 Å². The van der Waals surface area contributed by atoms with Crippen molar-refractivity contribution in [3.05, 3.63) is 65.3 Å². The molecule has 0 aliphatic rings. The fourth-order valence-electron chi connectivity index (χ4n) is 2.75. The normalized spacial score (nSPS) is 11.2. The second-order valence-corrected chi connectivity index (χ2v) is 5.82. The quantitative estimate of drug-likeness (QED) is 0.511. The molecule has 22 heavy (non-hydrogen) atoms. The van der Waals surface area contributed by atoms with Gasteiger partial charge in [0.05, 0.1) is 18.1 Å². The Bertz CT molecular complexity index is 991. The Hall–Kier alpha value is -2.33. The lowest BCUT2D eigenvalue weighted by Gasteiger charge is -2.07. The van der Waals surface area contributed by atoms with Crippen LogP contribution in [-0.2, 0) is 0 Å². The Morgan fingerprint density at radius 2 is 1.82 bits per heavy atom. The van der Waals surface area contributed by atoms with E-state index in [1.54, 1.807) is 7.11 Å². The molecule has 4 heteroatoms. The molecule has 108 valence electrons. The van der Waals surface area contributed by atoms with E-state index in [9.17, 15) is 0 Å². The molecule has 0 fully saturated rings. The van der Waals surface area contributed by atoms with Crippen molar-refractivity contribution < 1.29 is 4.74 Å². The van der Waals surface area contributed by atoms with Crippen LogP contribution in [0.5, 0.6) is 5.75 Å². The molecule has 0 aliphatic carbocycles. The van der Waals surface area contributed by atoms with E-state index in [1.165, 1.54) is 5.39 Å². The molecule has 4 rings (SSSR count). The summed E-state index contributed by atoms with van der Waals surface area (Å²) in [6.07, 6.45) is 0. The van der Waals surface area contributed by atoms with Gasteiger partial charge in [0.15, 0.2) is 0 Å². The lowest BCUT2D eigenvalue weighted by atomic mass is 10.2. The Labute approximate surface area is 136 Å². The minimum atomic E-state index is 0.825. The highest BCUT2D eigenvalue weighted by molar-refractivity contribution is 9.10. The van der Waals surface area contributed by atoms with E-state index in [0.717, 1.165) is 32.8 Å². The van der Waals surface area contributed by atoms with E-state index in [-0.39, 0.29) is 0 Å². The van der Waals surface area contributed by atoms with Crippen LogP contribution in [0.4, 0.5) is 0 Å². The number of para-hydroxylation sites is 1. The smallest absolute Gasteiger partial charge is 0.146 e. The molecule has 0 bridgehead atoms. The van der Waals surface area contributed by atoms with E-state index in [0.29, 0.717) is 0 Å². The number of nitrogens with zero attached hydrogens (tertiary/aromatic N) is 2. The van der Waals surface area contributed by atoms with E-state index < -0.39 is 0 Å². The summed E-state index contributed by atoms with van der Waals surface area (Å²) in [4.78, 5) is 4.71. The number of halogens is 1. The summed E-state index contributed by atoms with van der Waals surface area (Å²) in [6.45, 7) is 0. The van der Waals surface area contributed by atoms with Crippen molar-refractivity contribution in [3.8, 4) is 17.1 Å². The van der Waals surface area contributed by atoms with Crippen LogP contribution < -0.4 is 4.74 Å². The van der Waals surface area contributed by atoms with Gasteiger partial charge in [0.2, 0.25) is 0 Å². The van der Waals surface area contributed by atoms with Crippen LogP contribution >= 0.6 is 15.9 Å². The molecule has 0 saturated heterocycles. The summed E-state index contributed by atoms with van der Waals surface area (Å²) in [5.41, 5.74) is 3.21. The van der Waals surface area contributed by atoms with Crippen LogP contribution in [0.3, 0.4) is 0 Å². The lowest BCUT2D eigenvalue weighted by molar-refractivity contribution is 0.415. The van der Waals surface area contributed by atoms with Gasteiger partial charge in [-0.3, -0.25) is 4.40 Å². The number of pyridine rings is 1. The summed E-state index contributed by atoms with van der Waals surface area (Å²) in [5.74, 6) is 1.73. The van der Waals surface area contributed by atoms with Gasteiger partial charge >= 0.3 is 0 Å². The first-order valence-electron chi connectivity index (χ1n) is 6.98. The molecule has 2 aromatic carbocycles. The van der Waals surface area contributed by atoms with Crippen molar-refractivity contribution in [2.45, 2.75) is 0 Å². The van der Waals surface area contributed by atoms with Crippen LogP contribution in [0, 0.1) is 0 Å². The molecule has 3 nitrogen and oxygen atoms in total. The van der Waals surface area contributed by atoms with Crippen molar-refractivity contribution in [2.24, 2.45) is 0 Å². The summed E-state index contributed by atoms with van der Waals surface area (Å²) >= 11 is 3.57. The molecule has 0 spiro atoms. The third-order valence-corrected chi connectivity index (χ3v) is 4.38. The van der Waals surface area contributed by atoms with Gasteiger partial charge in [-0.15, -0.1) is 0 Å². The number of benzene rings is 2. The fraction of sp³-hybridized carbons (Fsp3) is 0.0556. The average molecular weight is 353 g/mol. The largest absolute Gasteiger partial charge is 0.497 e. The zero-order valence-electron chi connectivity index (χ0n) is 12.0. The SMILES string of the molecule is COc1cccc(-c2nc(Br)c3ccc4ccccc4n23)c1. The van der Waals surface area contributed by atoms with Crippen LogP contribution in [0.2, 0.25) is 0 Å². The molecular formula is C18H13BrN2O. The Morgan fingerprint density at radius 3 is 2.68 bits per heavy atom. The Morgan fingerprint density at radius 1 is 0.955 bits per heavy atom. The maximum atomic E-state index is 5.33.